The molecule has 2 N–H and O–H groups in total. The van der Waals surface area contributed by atoms with Crippen LogP contribution in [0.1, 0.15) is 26.7 Å². The van der Waals surface area contributed by atoms with Gasteiger partial charge in [-0.2, -0.15) is 0 Å². The SMILES string of the molecule is CC(C)NCC1CCCN(c2ncc[nH]c2=O)C1. The van der Waals surface area contributed by atoms with Crippen molar-refractivity contribution in [2.75, 3.05) is 24.5 Å². The minimum Gasteiger partial charge on any atom is -0.352 e. The summed E-state index contributed by atoms with van der Waals surface area (Å²) in [5, 5.41) is 3.47. The Hall–Kier alpha value is -1.36. The molecule has 1 aromatic rings. The Balaban J connectivity index is 1.98. The summed E-state index contributed by atoms with van der Waals surface area (Å²) in [6.07, 6.45) is 5.57. The van der Waals surface area contributed by atoms with Gasteiger partial charge in [0.25, 0.3) is 5.56 Å². The van der Waals surface area contributed by atoms with Gasteiger partial charge in [-0.1, -0.05) is 13.8 Å². The molecule has 0 amide bonds. The van der Waals surface area contributed by atoms with Crippen molar-refractivity contribution in [3.63, 3.8) is 0 Å². The Morgan fingerprint density at radius 2 is 2.44 bits per heavy atom. The molecule has 100 valence electrons. The average molecular weight is 250 g/mol. The summed E-state index contributed by atoms with van der Waals surface area (Å²) in [4.78, 5) is 20.7. The summed E-state index contributed by atoms with van der Waals surface area (Å²) in [6.45, 7) is 7.17. The normalized spacial score (nSPS) is 20.4. The number of nitrogens with one attached hydrogen (secondary N) is 2. The largest absolute Gasteiger partial charge is 0.352 e. The van der Waals surface area contributed by atoms with E-state index in [1.165, 1.54) is 6.42 Å². The van der Waals surface area contributed by atoms with Gasteiger partial charge in [-0.25, -0.2) is 4.98 Å². The number of piperidine rings is 1. The highest BCUT2D eigenvalue weighted by molar-refractivity contribution is 5.35. The molecule has 0 bridgehead atoms. The molecule has 1 aliphatic heterocycles. The monoisotopic (exact) mass is 250 g/mol. The minimum absolute atomic E-state index is 0.0880. The summed E-state index contributed by atoms with van der Waals surface area (Å²) in [7, 11) is 0. The maximum Gasteiger partial charge on any atom is 0.290 e. The lowest BCUT2D eigenvalue weighted by Crippen LogP contribution is -2.43. The quantitative estimate of drug-likeness (QED) is 0.836. The number of hydrogen-bond acceptors (Lipinski definition) is 4. The molecule has 1 aromatic heterocycles. The fourth-order valence-electron chi connectivity index (χ4n) is 2.40. The molecule has 1 atom stereocenters. The highest BCUT2D eigenvalue weighted by Gasteiger charge is 2.22. The van der Waals surface area contributed by atoms with Gasteiger partial charge in [-0.15, -0.1) is 0 Å². The van der Waals surface area contributed by atoms with E-state index in [2.05, 4.69) is 34.0 Å². The highest BCUT2D eigenvalue weighted by Crippen LogP contribution is 2.18. The van der Waals surface area contributed by atoms with E-state index in [0.717, 1.165) is 26.1 Å². The zero-order valence-corrected chi connectivity index (χ0v) is 11.1. The standard InChI is InChI=1S/C13H22N4O/c1-10(2)16-8-11-4-3-7-17(9-11)12-13(18)15-6-5-14-12/h5-6,10-11,16H,3-4,7-9H2,1-2H3,(H,15,18). The first kappa shape index (κ1) is 13.1. The van der Waals surface area contributed by atoms with Crippen molar-refractivity contribution in [2.45, 2.75) is 32.7 Å². The topological polar surface area (TPSA) is 61.0 Å². The molecule has 0 aliphatic carbocycles. The second-order valence-electron chi connectivity index (χ2n) is 5.26. The number of nitrogens with zero attached hydrogens (tertiary/aromatic N) is 2. The first-order valence-electron chi connectivity index (χ1n) is 6.69. The van der Waals surface area contributed by atoms with Gasteiger partial charge in [0.2, 0.25) is 0 Å². The van der Waals surface area contributed by atoms with E-state index in [1.54, 1.807) is 12.4 Å². The number of aromatic nitrogens is 2. The van der Waals surface area contributed by atoms with E-state index in [9.17, 15) is 4.79 Å². The third-order valence-electron chi connectivity index (χ3n) is 3.32. The number of H-pyrrole nitrogens is 1. The van der Waals surface area contributed by atoms with Crippen LogP contribution in [0.25, 0.3) is 0 Å². The van der Waals surface area contributed by atoms with Gasteiger partial charge in [-0.05, 0) is 25.3 Å². The lowest BCUT2D eigenvalue weighted by atomic mass is 9.98. The van der Waals surface area contributed by atoms with Crippen molar-refractivity contribution in [1.29, 1.82) is 0 Å². The van der Waals surface area contributed by atoms with Crippen LogP contribution in [0.15, 0.2) is 17.2 Å². The lowest BCUT2D eigenvalue weighted by molar-refractivity contribution is 0.377. The third kappa shape index (κ3) is 3.32. The van der Waals surface area contributed by atoms with Crippen LogP contribution in [0.4, 0.5) is 5.82 Å². The molecule has 5 nitrogen and oxygen atoms in total. The number of aromatic amines is 1. The van der Waals surface area contributed by atoms with Gasteiger partial charge in [0.15, 0.2) is 5.82 Å². The maximum absolute atomic E-state index is 11.7. The van der Waals surface area contributed by atoms with E-state index in [1.807, 2.05) is 0 Å². The summed E-state index contributed by atoms with van der Waals surface area (Å²) >= 11 is 0. The molecule has 0 radical (unpaired) electrons. The van der Waals surface area contributed by atoms with Crippen LogP contribution in [0, 0.1) is 5.92 Å². The molecule has 1 saturated heterocycles. The molecular weight excluding hydrogens is 228 g/mol. The summed E-state index contributed by atoms with van der Waals surface area (Å²) in [6, 6.07) is 0.513. The van der Waals surface area contributed by atoms with Crippen LogP contribution in [0.5, 0.6) is 0 Å². The van der Waals surface area contributed by atoms with Gasteiger partial charge >= 0.3 is 0 Å². The molecule has 0 aromatic carbocycles. The second-order valence-corrected chi connectivity index (χ2v) is 5.26. The van der Waals surface area contributed by atoms with E-state index >= 15 is 0 Å². The van der Waals surface area contributed by atoms with E-state index < -0.39 is 0 Å². The van der Waals surface area contributed by atoms with Crippen LogP contribution in [-0.2, 0) is 0 Å². The summed E-state index contributed by atoms with van der Waals surface area (Å²) in [5.74, 6) is 1.16. The first-order valence-corrected chi connectivity index (χ1v) is 6.69. The van der Waals surface area contributed by atoms with Crippen LogP contribution >= 0.6 is 0 Å². The average Bonchev–Trinajstić information content (AvgIpc) is 2.37. The molecule has 2 heterocycles. The Labute approximate surface area is 108 Å². The van der Waals surface area contributed by atoms with E-state index in [0.29, 0.717) is 17.8 Å². The Kier molecular flexibility index (Phi) is 4.36. The van der Waals surface area contributed by atoms with Gasteiger partial charge in [0.05, 0.1) is 0 Å². The maximum atomic E-state index is 11.7. The molecule has 1 aliphatic rings. The molecule has 0 saturated carbocycles. The predicted molar refractivity (Wildman–Crippen MR) is 72.9 cm³/mol. The van der Waals surface area contributed by atoms with Gasteiger partial charge in [0.1, 0.15) is 0 Å². The smallest absolute Gasteiger partial charge is 0.290 e. The Bertz CT molecular complexity index is 429. The molecule has 0 spiro atoms. The zero-order valence-electron chi connectivity index (χ0n) is 11.1. The van der Waals surface area contributed by atoms with Gasteiger partial charge in [-0.3, -0.25) is 4.79 Å². The molecular formula is C13H22N4O. The van der Waals surface area contributed by atoms with Crippen molar-refractivity contribution in [2.24, 2.45) is 5.92 Å². The fraction of sp³-hybridized carbons (Fsp3) is 0.692. The van der Waals surface area contributed by atoms with Crippen LogP contribution < -0.4 is 15.8 Å². The molecule has 2 rings (SSSR count). The van der Waals surface area contributed by atoms with Crippen LogP contribution in [-0.4, -0.2) is 35.6 Å². The zero-order chi connectivity index (χ0) is 13.0. The van der Waals surface area contributed by atoms with Crippen molar-refractivity contribution in [3.05, 3.63) is 22.7 Å². The lowest BCUT2D eigenvalue weighted by Gasteiger charge is -2.33. The summed E-state index contributed by atoms with van der Waals surface area (Å²) < 4.78 is 0. The van der Waals surface area contributed by atoms with Crippen molar-refractivity contribution >= 4 is 5.82 Å². The fourth-order valence-corrected chi connectivity index (χ4v) is 2.40. The summed E-state index contributed by atoms with van der Waals surface area (Å²) in [5.41, 5.74) is -0.0880. The predicted octanol–water partition coefficient (Wildman–Crippen LogP) is 0.984. The van der Waals surface area contributed by atoms with E-state index in [-0.39, 0.29) is 5.56 Å². The number of anilines is 1. The number of rotatable bonds is 4. The van der Waals surface area contributed by atoms with Crippen molar-refractivity contribution < 1.29 is 0 Å². The Morgan fingerprint density at radius 3 is 3.17 bits per heavy atom. The third-order valence-corrected chi connectivity index (χ3v) is 3.32. The van der Waals surface area contributed by atoms with Gasteiger partial charge < -0.3 is 15.2 Å². The van der Waals surface area contributed by atoms with Crippen molar-refractivity contribution in [1.82, 2.24) is 15.3 Å². The minimum atomic E-state index is -0.0880. The second kappa shape index (κ2) is 6.00. The van der Waals surface area contributed by atoms with Gasteiger partial charge in [0, 0.05) is 31.5 Å². The number of hydrogen-bond donors (Lipinski definition) is 2. The molecule has 18 heavy (non-hydrogen) atoms. The molecule has 5 heteroatoms. The first-order chi connectivity index (χ1) is 8.66. The molecule has 1 fully saturated rings. The molecule has 1 unspecified atom stereocenters. The van der Waals surface area contributed by atoms with Crippen LogP contribution in [0.3, 0.4) is 0 Å². The van der Waals surface area contributed by atoms with E-state index in [4.69, 9.17) is 0 Å². The van der Waals surface area contributed by atoms with Crippen molar-refractivity contribution in [3.8, 4) is 0 Å². The Morgan fingerprint density at radius 1 is 1.61 bits per heavy atom. The van der Waals surface area contributed by atoms with Crippen LogP contribution in [0.2, 0.25) is 0 Å². The highest BCUT2D eigenvalue weighted by atomic mass is 16.1.